The SMILES string of the molecule is Cc1ccc(NC(=O)Cn2cc(-c3nc(-c4ccc(C)cc4)no3)c(=O)c3ccc(C)nc32)cc1. The Kier molecular flexibility index (Phi) is 5.70. The smallest absolute Gasteiger partial charge is 0.263 e. The van der Waals surface area contributed by atoms with Gasteiger partial charge in [-0.2, -0.15) is 4.98 Å². The molecule has 3 heterocycles. The van der Waals surface area contributed by atoms with Gasteiger partial charge in [0, 0.05) is 23.1 Å². The van der Waals surface area contributed by atoms with E-state index in [1.165, 1.54) is 0 Å². The number of pyridine rings is 2. The second-order valence-corrected chi connectivity index (χ2v) is 8.53. The monoisotopic (exact) mass is 465 g/mol. The molecule has 3 aromatic heterocycles. The first-order valence-electron chi connectivity index (χ1n) is 11.2. The number of amides is 1. The number of hydrogen-bond acceptors (Lipinski definition) is 6. The summed E-state index contributed by atoms with van der Waals surface area (Å²) in [4.78, 5) is 35.1. The summed E-state index contributed by atoms with van der Waals surface area (Å²) in [7, 11) is 0. The van der Waals surface area contributed by atoms with Gasteiger partial charge in [0.05, 0.1) is 5.39 Å². The Hall–Kier alpha value is -4.59. The lowest BCUT2D eigenvalue weighted by Crippen LogP contribution is -2.22. The van der Waals surface area contributed by atoms with Gasteiger partial charge in [0.2, 0.25) is 17.2 Å². The number of fused-ring (bicyclic) bond motifs is 1. The van der Waals surface area contributed by atoms with E-state index in [0.717, 1.165) is 22.4 Å². The number of carbonyl (C=O) groups excluding carboxylic acids is 1. The van der Waals surface area contributed by atoms with Crippen molar-refractivity contribution >= 4 is 22.6 Å². The van der Waals surface area contributed by atoms with E-state index in [4.69, 9.17) is 4.52 Å². The molecule has 8 heteroatoms. The van der Waals surface area contributed by atoms with Crippen molar-refractivity contribution in [1.29, 1.82) is 0 Å². The highest BCUT2D eigenvalue weighted by Crippen LogP contribution is 2.23. The lowest BCUT2D eigenvalue weighted by Gasteiger charge is -2.12. The summed E-state index contributed by atoms with van der Waals surface area (Å²) in [6.07, 6.45) is 1.55. The molecule has 5 rings (SSSR count). The van der Waals surface area contributed by atoms with Crippen LogP contribution >= 0.6 is 0 Å². The quantitative estimate of drug-likeness (QED) is 0.404. The average molecular weight is 466 g/mol. The Morgan fingerprint density at radius 2 is 1.60 bits per heavy atom. The van der Waals surface area contributed by atoms with Gasteiger partial charge in [0.15, 0.2) is 0 Å². The molecule has 8 nitrogen and oxygen atoms in total. The van der Waals surface area contributed by atoms with Gasteiger partial charge < -0.3 is 14.4 Å². The predicted octanol–water partition coefficient (Wildman–Crippen LogP) is 4.68. The van der Waals surface area contributed by atoms with Crippen molar-refractivity contribution in [3.63, 3.8) is 0 Å². The van der Waals surface area contributed by atoms with E-state index in [2.05, 4.69) is 20.4 Å². The van der Waals surface area contributed by atoms with Gasteiger partial charge in [0.25, 0.3) is 5.89 Å². The molecule has 2 aromatic carbocycles. The van der Waals surface area contributed by atoms with Crippen LogP contribution in [0.3, 0.4) is 0 Å². The summed E-state index contributed by atoms with van der Waals surface area (Å²) >= 11 is 0. The summed E-state index contributed by atoms with van der Waals surface area (Å²) in [5.74, 6) is 0.213. The highest BCUT2D eigenvalue weighted by molar-refractivity contribution is 5.91. The molecule has 0 aliphatic carbocycles. The number of hydrogen-bond donors (Lipinski definition) is 1. The molecule has 0 saturated carbocycles. The standard InChI is InChI=1S/C27H23N5O3/c1-16-4-9-19(10-5-16)25-30-27(35-31-25)22-14-32(26-21(24(22)34)13-8-18(3)28-26)15-23(33)29-20-11-6-17(2)7-12-20/h4-14H,15H2,1-3H3,(H,29,33). The van der Waals surface area contributed by atoms with Crippen molar-refractivity contribution in [3.8, 4) is 22.8 Å². The lowest BCUT2D eigenvalue weighted by molar-refractivity contribution is -0.116. The molecule has 1 amide bonds. The van der Waals surface area contributed by atoms with Crippen LogP contribution in [0.2, 0.25) is 0 Å². The first kappa shape index (κ1) is 22.2. The van der Waals surface area contributed by atoms with Crippen LogP contribution in [0.25, 0.3) is 33.9 Å². The maximum absolute atomic E-state index is 13.3. The van der Waals surface area contributed by atoms with Crippen LogP contribution in [0.4, 0.5) is 5.69 Å². The van der Waals surface area contributed by atoms with Crippen molar-refractivity contribution in [2.24, 2.45) is 0 Å². The lowest BCUT2D eigenvalue weighted by atomic mass is 10.1. The van der Waals surface area contributed by atoms with Gasteiger partial charge >= 0.3 is 0 Å². The molecule has 0 fully saturated rings. The third kappa shape index (κ3) is 4.59. The first-order chi connectivity index (χ1) is 16.9. The zero-order chi connectivity index (χ0) is 24.5. The first-order valence-corrected chi connectivity index (χ1v) is 11.2. The third-order valence-electron chi connectivity index (χ3n) is 5.68. The molecular formula is C27H23N5O3. The molecule has 1 N–H and O–H groups in total. The van der Waals surface area contributed by atoms with Crippen LogP contribution in [-0.2, 0) is 11.3 Å². The van der Waals surface area contributed by atoms with Crippen LogP contribution in [0.5, 0.6) is 0 Å². The molecule has 0 saturated heterocycles. The van der Waals surface area contributed by atoms with E-state index >= 15 is 0 Å². The molecule has 0 atom stereocenters. The Balaban J connectivity index is 1.54. The van der Waals surface area contributed by atoms with Crippen molar-refractivity contribution in [1.82, 2.24) is 19.7 Å². The highest BCUT2D eigenvalue weighted by atomic mass is 16.5. The van der Waals surface area contributed by atoms with Gasteiger partial charge in [-0.25, -0.2) is 4.98 Å². The fourth-order valence-corrected chi connectivity index (χ4v) is 3.78. The molecule has 0 aliphatic rings. The number of rotatable bonds is 5. The zero-order valence-electron chi connectivity index (χ0n) is 19.6. The molecule has 5 aromatic rings. The number of nitrogens with zero attached hydrogens (tertiary/aromatic N) is 4. The fraction of sp³-hybridized carbons (Fsp3) is 0.148. The normalized spacial score (nSPS) is 11.1. The topological polar surface area (TPSA) is 103 Å². The van der Waals surface area contributed by atoms with E-state index < -0.39 is 0 Å². The minimum atomic E-state index is -0.290. The Morgan fingerprint density at radius 3 is 2.31 bits per heavy atom. The molecule has 0 aliphatic heterocycles. The summed E-state index contributed by atoms with van der Waals surface area (Å²) in [6, 6.07) is 18.7. The number of benzene rings is 2. The zero-order valence-corrected chi connectivity index (χ0v) is 19.6. The maximum atomic E-state index is 13.3. The summed E-state index contributed by atoms with van der Waals surface area (Å²) < 4.78 is 7.10. The number of aromatic nitrogens is 4. The molecule has 0 unspecified atom stereocenters. The fourth-order valence-electron chi connectivity index (χ4n) is 3.78. The number of carbonyl (C=O) groups is 1. The van der Waals surface area contributed by atoms with Gasteiger partial charge in [-0.3, -0.25) is 9.59 Å². The van der Waals surface area contributed by atoms with E-state index in [9.17, 15) is 9.59 Å². The van der Waals surface area contributed by atoms with Crippen LogP contribution in [0, 0.1) is 20.8 Å². The molecule has 0 spiro atoms. The van der Waals surface area contributed by atoms with Crippen molar-refractivity contribution in [3.05, 3.63) is 93.9 Å². The van der Waals surface area contributed by atoms with E-state index in [0.29, 0.717) is 22.5 Å². The van der Waals surface area contributed by atoms with E-state index in [1.807, 2.05) is 69.3 Å². The summed E-state index contributed by atoms with van der Waals surface area (Å²) in [6.45, 7) is 5.76. The Labute approximate surface area is 201 Å². The second-order valence-electron chi connectivity index (χ2n) is 8.53. The maximum Gasteiger partial charge on any atom is 0.263 e. The molecule has 0 radical (unpaired) electrons. The second kappa shape index (κ2) is 8.98. The van der Waals surface area contributed by atoms with Crippen LogP contribution in [-0.4, -0.2) is 25.6 Å². The number of nitrogens with one attached hydrogen (secondary N) is 1. The van der Waals surface area contributed by atoms with Crippen LogP contribution < -0.4 is 10.7 Å². The molecule has 0 bridgehead atoms. The number of aryl methyl sites for hydroxylation is 3. The Bertz CT molecular complexity index is 1600. The summed E-state index contributed by atoms with van der Waals surface area (Å²) in [5, 5.41) is 7.30. The number of anilines is 1. The van der Waals surface area contributed by atoms with Crippen molar-refractivity contribution < 1.29 is 9.32 Å². The van der Waals surface area contributed by atoms with Gasteiger partial charge in [-0.15, -0.1) is 0 Å². The van der Waals surface area contributed by atoms with Gasteiger partial charge in [-0.05, 0) is 45.0 Å². The minimum absolute atomic E-state index is 0.0485. The van der Waals surface area contributed by atoms with Crippen LogP contribution in [0.1, 0.15) is 16.8 Å². The van der Waals surface area contributed by atoms with Gasteiger partial charge in [-0.1, -0.05) is 52.7 Å². The summed E-state index contributed by atoms with van der Waals surface area (Å²) in [5.41, 5.74) is 4.74. The average Bonchev–Trinajstić information content (AvgIpc) is 3.33. The molecule has 35 heavy (non-hydrogen) atoms. The van der Waals surface area contributed by atoms with Crippen LogP contribution in [0.15, 0.2) is 76.2 Å². The predicted molar refractivity (Wildman–Crippen MR) is 134 cm³/mol. The Morgan fingerprint density at radius 1 is 0.914 bits per heavy atom. The van der Waals surface area contributed by atoms with Crippen molar-refractivity contribution in [2.75, 3.05) is 5.32 Å². The molecule has 174 valence electrons. The third-order valence-corrected chi connectivity index (χ3v) is 5.68. The van der Waals surface area contributed by atoms with E-state index in [-0.39, 0.29) is 29.3 Å². The largest absolute Gasteiger partial charge is 0.333 e. The van der Waals surface area contributed by atoms with Gasteiger partial charge in [0.1, 0.15) is 17.8 Å². The minimum Gasteiger partial charge on any atom is -0.333 e. The highest BCUT2D eigenvalue weighted by Gasteiger charge is 2.19. The van der Waals surface area contributed by atoms with Crippen molar-refractivity contribution in [2.45, 2.75) is 27.3 Å². The molecular weight excluding hydrogens is 442 g/mol. The van der Waals surface area contributed by atoms with E-state index in [1.54, 1.807) is 22.9 Å².